The Labute approximate surface area is 120 Å². The maximum atomic E-state index is 12.6. The number of hydrogen-bond acceptors (Lipinski definition) is 4. The average molecular weight is 301 g/mol. The van der Waals surface area contributed by atoms with Crippen LogP contribution in [0.5, 0.6) is 0 Å². The third kappa shape index (κ3) is 2.90. The van der Waals surface area contributed by atoms with Crippen molar-refractivity contribution in [3.8, 4) is 0 Å². The summed E-state index contributed by atoms with van der Waals surface area (Å²) in [6.45, 7) is 0.942. The molecule has 6 nitrogen and oxygen atoms in total. The fourth-order valence-corrected chi connectivity index (χ4v) is 4.19. The first-order valence-electron chi connectivity index (χ1n) is 6.79. The summed E-state index contributed by atoms with van der Waals surface area (Å²) in [5.41, 5.74) is 0.603. The monoisotopic (exact) mass is 301 g/mol. The summed E-state index contributed by atoms with van der Waals surface area (Å²) in [6.07, 6.45) is 3.27. The number of aliphatic hydroxyl groups excluding tert-OH is 1. The Morgan fingerprint density at radius 3 is 2.40 bits per heavy atom. The molecule has 0 bridgehead atoms. The van der Waals surface area contributed by atoms with Crippen LogP contribution in [0.1, 0.15) is 18.5 Å². The molecule has 1 saturated heterocycles. The van der Waals surface area contributed by atoms with E-state index >= 15 is 0 Å². The molecular formula is C13H23N3O3S. The Balaban J connectivity index is 2.15. The predicted octanol–water partition coefficient (Wildman–Crippen LogP) is 0.232. The molecule has 0 saturated carbocycles. The zero-order valence-electron chi connectivity index (χ0n) is 12.3. The Morgan fingerprint density at radius 1 is 1.35 bits per heavy atom. The van der Waals surface area contributed by atoms with Gasteiger partial charge in [-0.3, -0.25) is 0 Å². The van der Waals surface area contributed by atoms with Crippen molar-refractivity contribution in [2.24, 2.45) is 7.05 Å². The van der Waals surface area contributed by atoms with Gasteiger partial charge < -0.3 is 14.6 Å². The minimum atomic E-state index is -3.44. The van der Waals surface area contributed by atoms with Gasteiger partial charge in [-0.1, -0.05) is 0 Å². The van der Waals surface area contributed by atoms with Crippen LogP contribution in [-0.4, -0.2) is 60.5 Å². The summed E-state index contributed by atoms with van der Waals surface area (Å²) in [7, 11) is 2.35. The molecule has 0 spiro atoms. The molecule has 0 atom stereocenters. The molecule has 0 radical (unpaired) electrons. The van der Waals surface area contributed by atoms with Crippen molar-refractivity contribution >= 4 is 10.0 Å². The first kappa shape index (κ1) is 15.5. The molecule has 1 aromatic heterocycles. The third-order valence-corrected chi connectivity index (χ3v) is 5.90. The lowest BCUT2D eigenvalue weighted by molar-refractivity contribution is 0.196. The molecule has 0 unspecified atom stereocenters. The fourth-order valence-electron chi connectivity index (χ4n) is 2.62. The van der Waals surface area contributed by atoms with Crippen LogP contribution < -0.4 is 0 Å². The molecule has 2 rings (SSSR count). The molecule has 2 heterocycles. The van der Waals surface area contributed by atoms with E-state index in [1.54, 1.807) is 28.2 Å². The highest BCUT2D eigenvalue weighted by atomic mass is 32.2. The van der Waals surface area contributed by atoms with E-state index in [4.69, 9.17) is 5.11 Å². The fraction of sp³-hybridized carbons (Fsp3) is 0.692. The van der Waals surface area contributed by atoms with Crippen molar-refractivity contribution in [1.29, 1.82) is 0 Å². The quantitative estimate of drug-likeness (QED) is 0.865. The number of rotatable bonds is 4. The minimum Gasteiger partial charge on any atom is -0.390 e. The van der Waals surface area contributed by atoms with Gasteiger partial charge in [0.1, 0.15) is 4.90 Å². The molecule has 0 aromatic carbocycles. The van der Waals surface area contributed by atoms with Gasteiger partial charge in [0.25, 0.3) is 0 Å². The molecule has 1 fully saturated rings. The summed E-state index contributed by atoms with van der Waals surface area (Å²) in [6, 6.07) is 2.00. The first-order valence-corrected chi connectivity index (χ1v) is 8.23. The van der Waals surface area contributed by atoms with Crippen molar-refractivity contribution in [2.45, 2.75) is 30.4 Å². The Morgan fingerprint density at radius 2 is 1.95 bits per heavy atom. The van der Waals surface area contributed by atoms with Gasteiger partial charge in [-0.15, -0.1) is 0 Å². The van der Waals surface area contributed by atoms with Crippen molar-refractivity contribution in [1.82, 2.24) is 13.8 Å². The van der Waals surface area contributed by atoms with Gasteiger partial charge in [0.2, 0.25) is 10.0 Å². The number of aryl methyl sites for hydroxylation is 1. The van der Waals surface area contributed by atoms with E-state index in [2.05, 4.69) is 4.90 Å². The van der Waals surface area contributed by atoms with Gasteiger partial charge in [-0.05, 0) is 33.0 Å². The van der Waals surface area contributed by atoms with Gasteiger partial charge in [-0.25, -0.2) is 8.42 Å². The highest BCUT2D eigenvalue weighted by Gasteiger charge is 2.30. The van der Waals surface area contributed by atoms with Crippen LogP contribution >= 0.6 is 0 Å². The van der Waals surface area contributed by atoms with E-state index < -0.39 is 10.0 Å². The van der Waals surface area contributed by atoms with E-state index in [0.717, 1.165) is 12.8 Å². The van der Waals surface area contributed by atoms with Crippen LogP contribution in [0.3, 0.4) is 0 Å². The number of piperidine rings is 1. The van der Waals surface area contributed by atoms with Gasteiger partial charge in [-0.2, -0.15) is 4.31 Å². The van der Waals surface area contributed by atoms with Gasteiger partial charge in [0.15, 0.2) is 0 Å². The van der Waals surface area contributed by atoms with E-state index in [9.17, 15) is 8.42 Å². The summed E-state index contributed by atoms with van der Waals surface area (Å²) in [5.74, 6) is 0. The van der Waals surface area contributed by atoms with Gasteiger partial charge in [0.05, 0.1) is 6.61 Å². The van der Waals surface area contributed by atoms with Crippen molar-refractivity contribution in [2.75, 3.05) is 27.2 Å². The number of hydrogen-bond donors (Lipinski definition) is 1. The number of aliphatic hydroxyl groups is 1. The van der Waals surface area contributed by atoms with Gasteiger partial charge >= 0.3 is 0 Å². The summed E-state index contributed by atoms with van der Waals surface area (Å²) >= 11 is 0. The zero-order chi connectivity index (χ0) is 14.9. The predicted molar refractivity (Wildman–Crippen MR) is 76.8 cm³/mol. The standard InChI is InChI=1S/C13H23N3O3S/c1-14(2)11-4-6-16(7-5-11)20(18,19)13-8-12(10-17)15(3)9-13/h8-9,11,17H,4-7,10H2,1-3H3. The lowest BCUT2D eigenvalue weighted by Crippen LogP contribution is -2.44. The van der Waals surface area contributed by atoms with Crippen LogP contribution in [0, 0.1) is 0 Å². The second kappa shape index (κ2) is 5.85. The Hall–Kier alpha value is -0.890. The second-order valence-corrected chi connectivity index (χ2v) is 7.47. The molecule has 1 aromatic rings. The highest BCUT2D eigenvalue weighted by Crippen LogP contribution is 2.23. The van der Waals surface area contributed by atoms with Crippen molar-refractivity contribution in [3.05, 3.63) is 18.0 Å². The van der Waals surface area contributed by atoms with Crippen LogP contribution in [0.15, 0.2) is 17.2 Å². The Kier molecular flexibility index (Phi) is 4.53. The molecule has 7 heteroatoms. The molecule has 114 valence electrons. The maximum absolute atomic E-state index is 12.6. The summed E-state index contributed by atoms with van der Waals surface area (Å²) in [5, 5.41) is 9.17. The van der Waals surface area contributed by atoms with E-state index in [0.29, 0.717) is 24.8 Å². The number of sulfonamides is 1. The molecule has 1 aliphatic heterocycles. The van der Waals surface area contributed by atoms with Gasteiger partial charge in [0, 0.05) is 38.1 Å². The SMILES string of the molecule is CN(C)C1CCN(S(=O)(=O)c2cc(CO)n(C)c2)CC1. The summed E-state index contributed by atoms with van der Waals surface area (Å²) < 4.78 is 28.3. The highest BCUT2D eigenvalue weighted by molar-refractivity contribution is 7.89. The van der Waals surface area contributed by atoms with E-state index in [1.807, 2.05) is 14.1 Å². The van der Waals surface area contributed by atoms with Crippen LogP contribution in [0.25, 0.3) is 0 Å². The topological polar surface area (TPSA) is 65.8 Å². The number of nitrogens with zero attached hydrogens (tertiary/aromatic N) is 3. The molecular weight excluding hydrogens is 278 g/mol. The van der Waals surface area contributed by atoms with Crippen molar-refractivity contribution in [3.63, 3.8) is 0 Å². The summed E-state index contributed by atoms with van der Waals surface area (Å²) in [4.78, 5) is 2.42. The minimum absolute atomic E-state index is 0.158. The smallest absolute Gasteiger partial charge is 0.244 e. The lowest BCUT2D eigenvalue weighted by atomic mass is 10.1. The van der Waals surface area contributed by atoms with E-state index in [1.165, 1.54) is 0 Å². The maximum Gasteiger partial charge on any atom is 0.244 e. The normalized spacial score (nSPS) is 18.9. The van der Waals surface area contributed by atoms with Crippen LogP contribution in [-0.2, 0) is 23.7 Å². The molecule has 1 aliphatic rings. The molecule has 0 aliphatic carbocycles. The zero-order valence-corrected chi connectivity index (χ0v) is 13.1. The largest absolute Gasteiger partial charge is 0.390 e. The third-order valence-electron chi connectivity index (χ3n) is 4.04. The number of aromatic nitrogens is 1. The molecule has 0 amide bonds. The van der Waals surface area contributed by atoms with Crippen LogP contribution in [0.4, 0.5) is 0 Å². The second-order valence-electron chi connectivity index (χ2n) is 5.54. The molecule has 20 heavy (non-hydrogen) atoms. The van der Waals surface area contributed by atoms with E-state index in [-0.39, 0.29) is 11.5 Å². The first-order chi connectivity index (χ1) is 9.36. The van der Waals surface area contributed by atoms with Crippen molar-refractivity contribution < 1.29 is 13.5 Å². The molecule has 1 N–H and O–H groups in total. The lowest BCUT2D eigenvalue weighted by Gasteiger charge is -2.34. The van der Waals surface area contributed by atoms with Crippen LogP contribution in [0.2, 0.25) is 0 Å². The Bertz CT molecular complexity index is 557. The average Bonchev–Trinajstić information content (AvgIpc) is 2.80.